The maximum absolute atomic E-state index is 6.25. The molecule has 7 aromatic carbocycles. The van der Waals surface area contributed by atoms with Gasteiger partial charge in [0, 0.05) is 49.6 Å². The maximum atomic E-state index is 6.25. The summed E-state index contributed by atoms with van der Waals surface area (Å²) in [6.45, 7) is 4.69. The molecule has 0 N–H and O–H groups in total. The Hall–Kier alpha value is -6.06. The summed E-state index contributed by atoms with van der Waals surface area (Å²) in [5.41, 5.74) is 13.9. The zero-order valence-corrected chi connectivity index (χ0v) is 26.8. The molecular weight excluding hydrogens is 585 g/mol. The molecule has 0 aliphatic heterocycles. The van der Waals surface area contributed by atoms with Gasteiger partial charge in [0.05, 0.1) is 16.7 Å². The van der Waals surface area contributed by atoms with Crippen molar-refractivity contribution in [1.29, 1.82) is 0 Å². The van der Waals surface area contributed by atoms with E-state index in [1.165, 1.54) is 49.7 Å². The van der Waals surface area contributed by atoms with Crippen molar-refractivity contribution in [1.82, 2.24) is 4.57 Å². The fourth-order valence-corrected chi connectivity index (χ4v) is 8.15. The first-order valence-electron chi connectivity index (χ1n) is 16.6. The summed E-state index contributed by atoms with van der Waals surface area (Å²) in [6.07, 6.45) is 0. The smallest absolute Gasteiger partial charge is 0.135 e. The number of hydrogen-bond donors (Lipinski definition) is 0. The molecule has 10 rings (SSSR count). The Balaban J connectivity index is 1.21. The lowest BCUT2D eigenvalue weighted by Gasteiger charge is -2.29. The van der Waals surface area contributed by atoms with Gasteiger partial charge in [-0.2, -0.15) is 0 Å². The van der Waals surface area contributed by atoms with Gasteiger partial charge in [0.15, 0.2) is 0 Å². The van der Waals surface area contributed by atoms with Crippen LogP contribution in [0.1, 0.15) is 25.0 Å². The number of nitrogens with zero attached hydrogens (tertiary/aromatic N) is 2. The van der Waals surface area contributed by atoms with Crippen molar-refractivity contribution in [3.8, 4) is 16.8 Å². The van der Waals surface area contributed by atoms with E-state index in [1.807, 2.05) is 12.1 Å². The molecule has 3 heteroatoms. The molecule has 0 spiro atoms. The zero-order chi connectivity index (χ0) is 32.0. The second-order valence-electron chi connectivity index (χ2n) is 13.4. The lowest BCUT2D eigenvalue weighted by Crippen LogP contribution is -2.16. The highest BCUT2D eigenvalue weighted by Crippen LogP contribution is 2.54. The Kier molecular flexibility index (Phi) is 5.63. The van der Waals surface area contributed by atoms with Gasteiger partial charge in [-0.3, -0.25) is 0 Å². The standard InChI is InChI=1S/C45H32N2O/c1-45(2)37-16-7-3-15-35(37)44-38(45)17-11-20-41(44)46(31-26-27-43-36(28-31)34-14-6-10-21-42(34)48-43)29-22-24-30(25-23-29)47-39-18-8-4-12-32(39)33-13-5-9-19-40(33)47/h3-28H,1-2H3. The van der Waals surface area contributed by atoms with E-state index in [0.717, 1.165) is 39.0 Å². The Bertz CT molecular complexity index is 2650. The second-order valence-corrected chi connectivity index (χ2v) is 13.4. The molecule has 3 nitrogen and oxygen atoms in total. The Morgan fingerprint density at radius 3 is 1.88 bits per heavy atom. The molecule has 48 heavy (non-hydrogen) atoms. The predicted octanol–water partition coefficient (Wildman–Crippen LogP) is 12.5. The first-order valence-corrected chi connectivity index (χ1v) is 16.6. The highest BCUT2D eigenvalue weighted by Gasteiger charge is 2.37. The fraction of sp³-hybridized carbons (Fsp3) is 0.0667. The van der Waals surface area contributed by atoms with Crippen LogP contribution in [0.2, 0.25) is 0 Å². The highest BCUT2D eigenvalue weighted by atomic mass is 16.3. The molecule has 0 bridgehead atoms. The number of aromatic nitrogens is 1. The SMILES string of the molecule is CC1(C)c2ccccc2-c2c(N(c3ccc(-n4c5ccccc5c5ccccc54)cc3)c3ccc4oc5ccccc5c4c3)cccc21. The quantitative estimate of drug-likeness (QED) is 0.196. The summed E-state index contributed by atoms with van der Waals surface area (Å²) >= 11 is 0. The third-order valence-corrected chi connectivity index (χ3v) is 10.4. The number of hydrogen-bond acceptors (Lipinski definition) is 2. The van der Waals surface area contributed by atoms with E-state index in [-0.39, 0.29) is 5.41 Å². The number of anilines is 3. The minimum absolute atomic E-state index is 0.0985. The topological polar surface area (TPSA) is 21.3 Å². The van der Waals surface area contributed by atoms with Crippen LogP contribution in [0.5, 0.6) is 0 Å². The van der Waals surface area contributed by atoms with Gasteiger partial charge in [-0.25, -0.2) is 0 Å². The van der Waals surface area contributed by atoms with Gasteiger partial charge in [-0.15, -0.1) is 0 Å². The first-order chi connectivity index (χ1) is 23.6. The highest BCUT2D eigenvalue weighted by molar-refractivity contribution is 6.09. The van der Waals surface area contributed by atoms with E-state index in [1.54, 1.807) is 0 Å². The molecule has 1 aliphatic carbocycles. The molecule has 2 heterocycles. The third-order valence-electron chi connectivity index (χ3n) is 10.4. The fourth-order valence-electron chi connectivity index (χ4n) is 8.15. The van der Waals surface area contributed by atoms with Crippen LogP contribution in [-0.4, -0.2) is 4.57 Å². The van der Waals surface area contributed by atoms with Crippen LogP contribution in [0.3, 0.4) is 0 Å². The van der Waals surface area contributed by atoms with E-state index >= 15 is 0 Å². The number of rotatable bonds is 4. The Morgan fingerprint density at radius 1 is 0.500 bits per heavy atom. The van der Waals surface area contributed by atoms with Gasteiger partial charge in [0.25, 0.3) is 0 Å². The number of benzene rings is 7. The van der Waals surface area contributed by atoms with Crippen molar-refractivity contribution in [2.24, 2.45) is 0 Å². The molecule has 228 valence electrons. The molecule has 0 saturated heterocycles. The van der Waals surface area contributed by atoms with Gasteiger partial charge in [-0.1, -0.05) is 105 Å². The van der Waals surface area contributed by atoms with Crippen LogP contribution in [0, 0.1) is 0 Å². The normalized spacial score (nSPS) is 13.4. The van der Waals surface area contributed by atoms with Crippen molar-refractivity contribution in [2.75, 3.05) is 4.90 Å². The minimum atomic E-state index is -0.0985. The first kappa shape index (κ1) is 27.1. The molecule has 0 amide bonds. The number of furan rings is 1. The van der Waals surface area contributed by atoms with Gasteiger partial charge < -0.3 is 13.9 Å². The van der Waals surface area contributed by atoms with Crippen molar-refractivity contribution < 1.29 is 4.42 Å². The molecule has 0 fully saturated rings. The van der Waals surface area contributed by atoms with E-state index < -0.39 is 0 Å². The van der Waals surface area contributed by atoms with Crippen LogP contribution in [0.25, 0.3) is 60.6 Å². The lowest BCUT2D eigenvalue weighted by atomic mass is 9.82. The average molecular weight is 617 g/mol. The van der Waals surface area contributed by atoms with E-state index in [0.29, 0.717) is 0 Å². The van der Waals surface area contributed by atoms with E-state index in [4.69, 9.17) is 4.42 Å². The maximum Gasteiger partial charge on any atom is 0.135 e. The molecule has 0 radical (unpaired) electrons. The lowest BCUT2D eigenvalue weighted by molar-refractivity contribution is 0.660. The minimum Gasteiger partial charge on any atom is -0.456 e. The zero-order valence-electron chi connectivity index (χ0n) is 26.8. The van der Waals surface area contributed by atoms with Crippen LogP contribution >= 0.6 is 0 Å². The van der Waals surface area contributed by atoms with Crippen molar-refractivity contribution in [2.45, 2.75) is 19.3 Å². The predicted molar refractivity (Wildman–Crippen MR) is 200 cm³/mol. The van der Waals surface area contributed by atoms with Gasteiger partial charge in [-0.05, 0) is 83.4 Å². The van der Waals surface area contributed by atoms with Gasteiger partial charge in [0.1, 0.15) is 11.2 Å². The van der Waals surface area contributed by atoms with Crippen LogP contribution < -0.4 is 4.90 Å². The van der Waals surface area contributed by atoms with Crippen LogP contribution in [0.4, 0.5) is 17.1 Å². The van der Waals surface area contributed by atoms with E-state index in [2.05, 4.69) is 169 Å². The Labute approximate surface area is 278 Å². The van der Waals surface area contributed by atoms with Crippen LogP contribution in [0.15, 0.2) is 162 Å². The van der Waals surface area contributed by atoms with Crippen molar-refractivity contribution >= 4 is 60.8 Å². The summed E-state index contributed by atoms with van der Waals surface area (Å²) in [6, 6.07) is 57.0. The molecule has 2 aromatic heterocycles. The summed E-state index contributed by atoms with van der Waals surface area (Å²) in [4.78, 5) is 2.42. The molecule has 1 aliphatic rings. The number of fused-ring (bicyclic) bond motifs is 9. The molecule has 9 aromatic rings. The summed E-state index contributed by atoms with van der Waals surface area (Å²) in [5, 5.41) is 4.77. The molecule has 0 unspecified atom stereocenters. The van der Waals surface area contributed by atoms with Crippen molar-refractivity contribution in [3.63, 3.8) is 0 Å². The number of para-hydroxylation sites is 3. The van der Waals surface area contributed by atoms with Gasteiger partial charge in [0.2, 0.25) is 0 Å². The third kappa shape index (κ3) is 3.76. The average Bonchev–Trinajstić information content (AvgIpc) is 3.75. The second kappa shape index (κ2) is 9.97. The molecule has 0 atom stereocenters. The van der Waals surface area contributed by atoms with E-state index in [9.17, 15) is 0 Å². The van der Waals surface area contributed by atoms with Crippen LogP contribution in [-0.2, 0) is 5.41 Å². The summed E-state index contributed by atoms with van der Waals surface area (Å²) < 4.78 is 8.63. The summed E-state index contributed by atoms with van der Waals surface area (Å²) in [5.74, 6) is 0. The monoisotopic (exact) mass is 616 g/mol. The summed E-state index contributed by atoms with van der Waals surface area (Å²) in [7, 11) is 0. The largest absolute Gasteiger partial charge is 0.456 e. The molecule has 0 saturated carbocycles. The molecular formula is C45H32N2O. The van der Waals surface area contributed by atoms with Gasteiger partial charge >= 0.3 is 0 Å². The Morgan fingerprint density at radius 2 is 1.10 bits per heavy atom. The van der Waals surface area contributed by atoms with Crippen molar-refractivity contribution in [3.05, 3.63) is 169 Å².